The SMILES string of the molecule is CCCCCCCCCCCCCCCC(=O)OC[C@H](COP(=O)(O)OCCNC(=O)CCC(=O)OC[C@H]1O[C@H](O)[C@H](NC(C)=O)[C@@H](OC(C)CN(C(=O)C(N)CC)[C@H](CCC(=O)O)C(N)=O)[C@@H]1O)OC(=O)CCCCCCCCCCCCCCC. The summed E-state index contributed by atoms with van der Waals surface area (Å²) >= 11 is 0. The number of aliphatic hydroxyl groups is 2. The molecule has 1 aliphatic heterocycles. The van der Waals surface area contributed by atoms with Gasteiger partial charge in [0.25, 0.3) is 0 Å². The quantitative estimate of drug-likeness (QED) is 0.0126. The van der Waals surface area contributed by atoms with Crippen molar-refractivity contribution in [3.05, 3.63) is 0 Å². The third-order valence-corrected chi connectivity index (χ3v) is 16.0. The molecule has 25 nitrogen and oxygen atoms in total. The van der Waals surface area contributed by atoms with Crippen LogP contribution >= 0.6 is 7.82 Å². The number of rotatable bonds is 55. The topological polar surface area (TPSA) is 378 Å². The Kier molecular flexibility index (Phi) is 45.9. The van der Waals surface area contributed by atoms with E-state index in [2.05, 4.69) is 24.5 Å². The molecule has 0 saturated carbocycles. The van der Waals surface area contributed by atoms with E-state index < -0.39 is 162 Å². The third kappa shape index (κ3) is 40.1. The first-order valence-electron chi connectivity index (χ1n) is 32.5. The van der Waals surface area contributed by atoms with Crippen LogP contribution in [0.25, 0.3) is 0 Å². The number of amides is 4. The minimum absolute atomic E-state index is 0.107. The molecule has 3 unspecified atom stereocenters. The summed E-state index contributed by atoms with van der Waals surface area (Å²) in [6.45, 7) is 5.72. The van der Waals surface area contributed by atoms with Gasteiger partial charge in [0.1, 0.15) is 43.6 Å². The Morgan fingerprint density at radius 3 is 1.63 bits per heavy atom. The summed E-state index contributed by atoms with van der Waals surface area (Å²) < 4.78 is 50.8. The van der Waals surface area contributed by atoms with E-state index in [1.54, 1.807) is 6.92 Å². The number of carboxylic acid groups (broad SMARTS) is 1. The fourth-order valence-electron chi connectivity index (χ4n) is 9.99. The van der Waals surface area contributed by atoms with Crippen LogP contribution in [0.4, 0.5) is 0 Å². The molecule has 506 valence electrons. The lowest BCUT2D eigenvalue weighted by Gasteiger charge is -2.44. The number of nitrogens with one attached hydrogen (secondary N) is 2. The molecule has 0 radical (unpaired) electrons. The number of primary amides is 1. The lowest BCUT2D eigenvalue weighted by atomic mass is 9.96. The van der Waals surface area contributed by atoms with Crippen LogP contribution in [0.15, 0.2) is 0 Å². The summed E-state index contributed by atoms with van der Waals surface area (Å²) in [5.41, 5.74) is 11.6. The van der Waals surface area contributed by atoms with Gasteiger partial charge in [-0.15, -0.1) is 0 Å². The minimum Gasteiger partial charge on any atom is -0.481 e. The molecule has 0 aromatic heterocycles. The molecular weight excluding hydrogens is 1150 g/mol. The van der Waals surface area contributed by atoms with Crippen molar-refractivity contribution in [3.63, 3.8) is 0 Å². The number of hydrogen-bond donors (Lipinski definition) is 8. The highest BCUT2D eigenvalue weighted by molar-refractivity contribution is 7.47. The second-order valence-electron chi connectivity index (χ2n) is 23.0. The molecule has 4 amide bonds. The normalized spacial score (nSPS) is 18.7. The molecule has 26 heteroatoms. The zero-order chi connectivity index (χ0) is 64.8. The van der Waals surface area contributed by atoms with Crippen molar-refractivity contribution < 1.29 is 95.9 Å². The Balaban J connectivity index is 2.73. The fourth-order valence-corrected chi connectivity index (χ4v) is 10.7. The van der Waals surface area contributed by atoms with Crippen LogP contribution in [0.1, 0.15) is 247 Å². The molecule has 1 fully saturated rings. The Labute approximate surface area is 517 Å². The van der Waals surface area contributed by atoms with E-state index >= 15 is 0 Å². The molecule has 0 aromatic rings. The predicted molar refractivity (Wildman–Crippen MR) is 325 cm³/mol. The molecule has 1 rings (SSSR count). The van der Waals surface area contributed by atoms with E-state index in [-0.39, 0.29) is 32.2 Å². The average molecular weight is 1270 g/mol. The zero-order valence-corrected chi connectivity index (χ0v) is 54.0. The lowest BCUT2D eigenvalue weighted by Crippen LogP contribution is -2.66. The summed E-state index contributed by atoms with van der Waals surface area (Å²) in [6, 6.07) is -3.91. The fraction of sp³-hybridized carbons (Fsp3) is 0.869. The molecule has 10 N–H and O–H groups in total. The van der Waals surface area contributed by atoms with Crippen molar-refractivity contribution >= 4 is 55.3 Å². The number of carbonyl (C=O) groups is 8. The first-order chi connectivity index (χ1) is 41.5. The van der Waals surface area contributed by atoms with Crippen LogP contribution in [0.3, 0.4) is 0 Å². The molecule has 1 saturated heterocycles. The van der Waals surface area contributed by atoms with Gasteiger partial charge in [-0.25, -0.2) is 4.57 Å². The van der Waals surface area contributed by atoms with Gasteiger partial charge in [0.15, 0.2) is 12.4 Å². The van der Waals surface area contributed by atoms with Crippen molar-refractivity contribution in [3.8, 4) is 0 Å². The van der Waals surface area contributed by atoms with Crippen molar-refractivity contribution in [2.75, 3.05) is 39.5 Å². The maximum Gasteiger partial charge on any atom is 0.472 e. The van der Waals surface area contributed by atoms with Gasteiger partial charge in [-0.1, -0.05) is 175 Å². The van der Waals surface area contributed by atoms with Gasteiger partial charge < -0.3 is 70.9 Å². The van der Waals surface area contributed by atoms with Crippen LogP contribution in [0.2, 0.25) is 0 Å². The van der Waals surface area contributed by atoms with Crippen molar-refractivity contribution in [2.24, 2.45) is 11.5 Å². The van der Waals surface area contributed by atoms with E-state index in [0.29, 0.717) is 12.8 Å². The van der Waals surface area contributed by atoms with Crippen LogP contribution in [-0.2, 0) is 75.7 Å². The molecule has 0 aromatic carbocycles. The minimum atomic E-state index is -4.80. The van der Waals surface area contributed by atoms with E-state index in [4.69, 9.17) is 44.2 Å². The van der Waals surface area contributed by atoms with Gasteiger partial charge in [-0.2, -0.15) is 0 Å². The molecule has 0 spiro atoms. The van der Waals surface area contributed by atoms with Gasteiger partial charge >= 0.3 is 31.7 Å². The Morgan fingerprint density at radius 2 is 1.15 bits per heavy atom. The lowest BCUT2D eigenvalue weighted by molar-refractivity contribution is -0.269. The summed E-state index contributed by atoms with van der Waals surface area (Å²) in [6.07, 6.45) is 19.7. The highest BCUT2D eigenvalue weighted by atomic mass is 31.2. The van der Waals surface area contributed by atoms with Gasteiger partial charge in [0.2, 0.25) is 23.6 Å². The number of nitrogens with zero attached hydrogens (tertiary/aromatic N) is 1. The van der Waals surface area contributed by atoms with E-state index in [1.807, 2.05) is 0 Å². The van der Waals surface area contributed by atoms with Gasteiger partial charge in [-0.05, 0) is 32.6 Å². The van der Waals surface area contributed by atoms with Crippen molar-refractivity contribution in [2.45, 2.75) is 301 Å². The maximum absolute atomic E-state index is 13.4. The molecule has 0 aliphatic carbocycles. The second kappa shape index (κ2) is 49.5. The molecule has 10 atom stereocenters. The van der Waals surface area contributed by atoms with Crippen LogP contribution in [0.5, 0.6) is 0 Å². The standard InChI is InChI=1S/C61H112N5O20P/c1-6-9-11-13-15-17-19-21-23-25-27-29-31-33-53(71)80-42-47(85-55(73)34-32-30-28-26-24-22-20-18-16-14-12-10-7-2)43-83-87(78,79)82-40-39-64-51(68)36-38-54(72)81-44-50-57(74)58(56(61(77)86-50)65-46(5)67)84-45(4)41-66(60(76)48(62)8-3)49(59(63)75)35-37-52(69)70/h45,47-50,56-58,61,74,77H,6-44,62H2,1-5H3,(H2,63,75)(H,64,68)(H,65,67)(H,69,70)(H,78,79)/t45?,47-,48?,49-,50-,56-,57-,58-,61+/m1/s1. The monoisotopic (exact) mass is 1270 g/mol. The largest absolute Gasteiger partial charge is 0.481 e. The first-order valence-corrected chi connectivity index (χ1v) is 34.0. The number of carbonyl (C=O) groups excluding carboxylic acids is 7. The van der Waals surface area contributed by atoms with Crippen LogP contribution in [-0.4, -0.2) is 167 Å². The van der Waals surface area contributed by atoms with Gasteiger partial charge in [-0.3, -0.25) is 47.4 Å². The summed E-state index contributed by atoms with van der Waals surface area (Å²) in [5.74, 6) is -6.31. The third-order valence-electron chi connectivity index (χ3n) is 15.0. The summed E-state index contributed by atoms with van der Waals surface area (Å²) in [4.78, 5) is 112. The van der Waals surface area contributed by atoms with Gasteiger partial charge in [0.05, 0.1) is 31.8 Å². The molecular formula is C61H112N5O20P. The zero-order valence-electron chi connectivity index (χ0n) is 53.1. The van der Waals surface area contributed by atoms with E-state index in [0.717, 1.165) is 56.8 Å². The van der Waals surface area contributed by atoms with E-state index in [9.17, 15) is 63.1 Å². The highest BCUT2D eigenvalue weighted by Crippen LogP contribution is 2.43. The Hall–Kier alpha value is -4.33. The Morgan fingerprint density at radius 1 is 0.655 bits per heavy atom. The number of esters is 3. The van der Waals surface area contributed by atoms with Gasteiger partial charge in [0, 0.05) is 45.7 Å². The van der Waals surface area contributed by atoms with Crippen LogP contribution < -0.4 is 22.1 Å². The number of carboxylic acids is 1. The summed E-state index contributed by atoms with van der Waals surface area (Å²) in [5, 5.41) is 36.5. The van der Waals surface area contributed by atoms with Crippen molar-refractivity contribution in [1.82, 2.24) is 15.5 Å². The number of phosphoric acid groups is 1. The van der Waals surface area contributed by atoms with Crippen LogP contribution in [0, 0.1) is 0 Å². The number of hydrogen-bond acceptors (Lipinski definition) is 19. The average Bonchev–Trinajstić information content (AvgIpc) is 1.25. The first kappa shape index (κ1) is 80.7. The highest BCUT2D eigenvalue weighted by Gasteiger charge is 2.47. The van der Waals surface area contributed by atoms with Crippen molar-refractivity contribution in [1.29, 1.82) is 0 Å². The molecule has 1 heterocycles. The Bertz CT molecular complexity index is 1990. The number of phosphoric ester groups is 1. The smallest absolute Gasteiger partial charge is 0.472 e. The second-order valence-corrected chi connectivity index (χ2v) is 24.4. The molecule has 0 bridgehead atoms. The maximum atomic E-state index is 13.4. The molecule has 87 heavy (non-hydrogen) atoms. The predicted octanol–water partition coefficient (Wildman–Crippen LogP) is 7.62. The van der Waals surface area contributed by atoms with E-state index in [1.165, 1.54) is 116 Å². The summed E-state index contributed by atoms with van der Waals surface area (Å²) in [7, 11) is -4.80. The molecule has 1 aliphatic rings. The number of ether oxygens (including phenoxy) is 5. The number of aliphatic carboxylic acids is 1. The number of aliphatic hydroxyl groups excluding tert-OH is 2. The number of unbranched alkanes of at least 4 members (excludes halogenated alkanes) is 24. The number of nitrogens with two attached hydrogens (primary N) is 2.